The summed E-state index contributed by atoms with van der Waals surface area (Å²) >= 11 is 0. The summed E-state index contributed by atoms with van der Waals surface area (Å²) in [4.78, 5) is 6.71. The van der Waals surface area contributed by atoms with Gasteiger partial charge >= 0.3 is 0 Å². The molecule has 0 aliphatic carbocycles. The molecule has 3 heterocycles. The molecule has 1 atom stereocenters. The number of nitrogens with zero attached hydrogens (tertiary/aromatic N) is 3. The highest BCUT2D eigenvalue weighted by Gasteiger charge is 2.36. The Hall–Kier alpha value is -2.33. The number of hydrogen-bond acceptors (Lipinski definition) is 5. The minimum absolute atomic E-state index is 0.0612. The molecule has 1 N–H and O–H groups in total. The van der Waals surface area contributed by atoms with Gasteiger partial charge in [-0.05, 0) is 70.7 Å². The SMILES string of the molecule is Cc1c(N2CCC(CN3CCCC3(C)C)C2)cc(F)c(S(=O)(=O)Nc2cccc(F)n2)c1F. The number of aromatic nitrogens is 1. The molecule has 4 rings (SSSR count). The highest BCUT2D eigenvalue weighted by molar-refractivity contribution is 7.92. The summed E-state index contributed by atoms with van der Waals surface area (Å²) in [6.45, 7) is 9.24. The average molecular weight is 483 g/mol. The zero-order valence-corrected chi connectivity index (χ0v) is 19.9. The third-order valence-electron chi connectivity index (χ3n) is 6.79. The number of anilines is 2. The second kappa shape index (κ2) is 8.79. The molecule has 33 heavy (non-hydrogen) atoms. The third kappa shape index (κ3) is 4.82. The van der Waals surface area contributed by atoms with Crippen molar-refractivity contribution in [2.24, 2.45) is 5.92 Å². The van der Waals surface area contributed by atoms with E-state index in [2.05, 4.69) is 23.7 Å². The minimum Gasteiger partial charge on any atom is -0.371 e. The van der Waals surface area contributed by atoms with E-state index in [1.54, 1.807) is 0 Å². The summed E-state index contributed by atoms with van der Waals surface area (Å²) in [6.07, 6.45) is 3.24. The lowest BCUT2D eigenvalue weighted by Crippen LogP contribution is -2.41. The topological polar surface area (TPSA) is 65.5 Å². The van der Waals surface area contributed by atoms with E-state index >= 15 is 4.39 Å². The van der Waals surface area contributed by atoms with Crippen LogP contribution in [0.1, 0.15) is 38.7 Å². The van der Waals surface area contributed by atoms with Crippen LogP contribution in [0.3, 0.4) is 0 Å². The number of hydrogen-bond donors (Lipinski definition) is 1. The molecule has 180 valence electrons. The van der Waals surface area contributed by atoms with Crippen LogP contribution in [0, 0.1) is 30.4 Å². The molecule has 2 aliphatic heterocycles. The molecule has 1 unspecified atom stereocenters. The Bertz CT molecular complexity index is 1160. The van der Waals surface area contributed by atoms with E-state index in [1.165, 1.54) is 25.5 Å². The van der Waals surface area contributed by atoms with Crippen LogP contribution in [0.2, 0.25) is 0 Å². The van der Waals surface area contributed by atoms with Gasteiger partial charge in [0.05, 0.1) is 0 Å². The lowest BCUT2D eigenvalue weighted by molar-refractivity contribution is 0.152. The van der Waals surface area contributed by atoms with Crippen molar-refractivity contribution in [2.75, 3.05) is 35.8 Å². The molecule has 1 aromatic carbocycles. The summed E-state index contributed by atoms with van der Waals surface area (Å²) in [5, 5.41) is 0. The van der Waals surface area contributed by atoms with Crippen molar-refractivity contribution < 1.29 is 21.6 Å². The number of nitrogens with one attached hydrogen (secondary N) is 1. The molecule has 10 heteroatoms. The van der Waals surface area contributed by atoms with Gasteiger partial charge in [-0.25, -0.2) is 22.2 Å². The molecule has 0 amide bonds. The number of pyridine rings is 1. The minimum atomic E-state index is -4.65. The maximum atomic E-state index is 15.2. The van der Waals surface area contributed by atoms with E-state index in [-0.39, 0.29) is 16.9 Å². The van der Waals surface area contributed by atoms with E-state index in [4.69, 9.17) is 0 Å². The molecule has 0 saturated carbocycles. The predicted octanol–water partition coefficient (Wildman–Crippen LogP) is 4.31. The summed E-state index contributed by atoms with van der Waals surface area (Å²) in [7, 11) is -4.65. The first kappa shape index (κ1) is 23.8. The van der Waals surface area contributed by atoms with Gasteiger partial charge in [-0.2, -0.15) is 4.39 Å². The smallest absolute Gasteiger partial charge is 0.268 e. The van der Waals surface area contributed by atoms with Crippen LogP contribution in [0.25, 0.3) is 0 Å². The van der Waals surface area contributed by atoms with Crippen LogP contribution < -0.4 is 9.62 Å². The van der Waals surface area contributed by atoms with Crippen LogP contribution in [-0.4, -0.2) is 50.0 Å². The predicted molar refractivity (Wildman–Crippen MR) is 121 cm³/mol. The van der Waals surface area contributed by atoms with Crippen molar-refractivity contribution >= 4 is 21.5 Å². The van der Waals surface area contributed by atoms with Crippen molar-refractivity contribution in [3.05, 3.63) is 47.4 Å². The quantitative estimate of drug-likeness (QED) is 0.622. The molecule has 0 radical (unpaired) electrons. The van der Waals surface area contributed by atoms with E-state index in [1.807, 2.05) is 9.62 Å². The van der Waals surface area contributed by atoms with Gasteiger partial charge in [0.2, 0.25) is 5.95 Å². The van der Waals surface area contributed by atoms with Crippen LogP contribution in [0.4, 0.5) is 24.7 Å². The summed E-state index contributed by atoms with van der Waals surface area (Å²) < 4.78 is 70.7. The third-order valence-corrected chi connectivity index (χ3v) is 8.18. The molecule has 0 spiro atoms. The van der Waals surface area contributed by atoms with Crippen molar-refractivity contribution in [1.29, 1.82) is 0 Å². The van der Waals surface area contributed by atoms with Crippen LogP contribution in [0.5, 0.6) is 0 Å². The monoisotopic (exact) mass is 482 g/mol. The van der Waals surface area contributed by atoms with Crippen LogP contribution in [0.15, 0.2) is 29.2 Å². The molecule has 6 nitrogen and oxygen atoms in total. The van der Waals surface area contributed by atoms with Crippen molar-refractivity contribution in [3.8, 4) is 0 Å². The number of likely N-dealkylation sites (tertiary alicyclic amines) is 1. The number of sulfonamides is 1. The Morgan fingerprint density at radius 2 is 1.97 bits per heavy atom. The van der Waals surface area contributed by atoms with Crippen molar-refractivity contribution in [2.45, 2.75) is 50.5 Å². The fourth-order valence-corrected chi connectivity index (χ4v) is 6.12. The van der Waals surface area contributed by atoms with E-state index in [0.717, 1.165) is 38.1 Å². The first-order valence-corrected chi connectivity index (χ1v) is 12.6. The van der Waals surface area contributed by atoms with Gasteiger partial charge in [0.1, 0.15) is 11.6 Å². The van der Waals surface area contributed by atoms with Gasteiger partial charge in [0.15, 0.2) is 10.7 Å². The second-order valence-electron chi connectivity index (χ2n) is 9.56. The molecular formula is C23H29F3N4O2S. The molecule has 1 aromatic heterocycles. The summed E-state index contributed by atoms with van der Waals surface area (Å²) in [6, 6.07) is 4.55. The Morgan fingerprint density at radius 1 is 1.21 bits per heavy atom. The average Bonchev–Trinajstić information content (AvgIpc) is 3.30. The standard InChI is InChI=1S/C23H29F3N4O2S/c1-15-18(29-11-8-16(13-29)14-30-10-5-9-23(30,2)3)12-17(24)22(21(15)26)33(31,32)28-20-7-4-6-19(25)27-20/h4,6-7,12,16H,5,8-11,13-14H2,1-3H3,(H,27,28). The fraction of sp³-hybridized carbons (Fsp3) is 0.522. The molecule has 2 saturated heterocycles. The van der Waals surface area contributed by atoms with Crippen molar-refractivity contribution in [1.82, 2.24) is 9.88 Å². The van der Waals surface area contributed by atoms with Gasteiger partial charge < -0.3 is 4.90 Å². The highest BCUT2D eigenvalue weighted by Crippen LogP contribution is 2.35. The van der Waals surface area contributed by atoms with E-state index in [0.29, 0.717) is 24.7 Å². The maximum absolute atomic E-state index is 15.2. The Labute approximate surface area is 192 Å². The van der Waals surface area contributed by atoms with Crippen LogP contribution >= 0.6 is 0 Å². The molecule has 2 aliphatic rings. The number of benzene rings is 1. The first-order chi connectivity index (χ1) is 15.5. The molecular weight excluding hydrogens is 453 g/mol. The van der Waals surface area contributed by atoms with Gasteiger partial charge in [0, 0.05) is 36.4 Å². The van der Waals surface area contributed by atoms with E-state index < -0.39 is 32.5 Å². The Kier molecular flexibility index (Phi) is 6.34. The van der Waals surface area contributed by atoms with Crippen LogP contribution in [-0.2, 0) is 10.0 Å². The lowest BCUT2D eigenvalue weighted by atomic mass is 10.00. The van der Waals surface area contributed by atoms with Gasteiger partial charge in [0.25, 0.3) is 10.0 Å². The van der Waals surface area contributed by atoms with Crippen molar-refractivity contribution in [3.63, 3.8) is 0 Å². The fourth-order valence-electron chi connectivity index (χ4n) is 4.92. The second-order valence-corrected chi connectivity index (χ2v) is 11.2. The molecule has 0 bridgehead atoms. The van der Waals surface area contributed by atoms with Gasteiger partial charge in [-0.3, -0.25) is 9.62 Å². The Balaban J connectivity index is 1.55. The first-order valence-electron chi connectivity index (χ1n) is 11.1. The lowest BCUT2D eigenvalue weighted by Gasteiger charge is -2.33. The Morgan fingerprint density at radius 3 is 2.64 bits per heavy atom. The highest BCUT2D eigenvalue weighted by atomic mass is 32.2. The zero-order chi connectivity index (χ0) is 24.0. The van der Waals surface area contributed by atoms with E-state index in [9.17, 15) is 17.2 Å². The molecule has 2 aromatic rings. The largest absolute Gasteiger partial charge is 0.371 e. The summed E-state index contributed by atoms with van der Waals surface area (Å²) in [5.74, 6) is -3.25. The summed E-state index contributed by atoms with van der Waals surface area (Å²) in [5.41, 5.74) is 0.586. The van der Waals surface area contributed by atoms with Gasteiger partial charge in [-0.15, -0.1) is 0 Å². The normalized spacial score (nSPS) is 21.0. The molecule has 2 fully saturated rings. The number of halogens is 3. The van der Waals surface area contributed by atoms with Gasteiger partial charge in [-0.1, -0.05) is 6.07 Å². The maximum Gasteiger partial charge on any atom is 0.268 e. The zero-order valence-electron chi connectivity index (χ0n) is 19.0. The number of rotatable bonds is 6.